The Hall–Kier alpha value is -3.02. The third-order valence-electron chi connectivity index (χ3n) is 3.49. The van der Waals surface area contributed by atoms with Gasteiger partial charge in [-0.1, -0.05) is 18.2 Å². The number of amides is 1. The topological polar surface area (TPSA) is 69.2 Å². The zero-order valence-corrected chi connectivity index (χ0v) is 14.1. The predicted molar refractivity (Wildman–Crippen MR) is 92.3 cm³/mol. The highest BCUT2D eigenvalue weighted by molar-refractivity contribution is 5.96. The van der Waals surface area contributed by atoms with Gasteiger partial charge in [-0.2, -0.15) is 5.10 Å². The van der Waals surface area contributed by atoms with Crippen LogP contribution in [0.1, 0.15) is 21.5 Å². The van der Waals surface area contributed by atoms with Gasteiger partial charge in [0, 0.05) is 11.1 Å². The minimum Gasteiger partial charge on any atom is -0.493 e. The second kappa shape index (κ2) is 8.01. The number of benzene rings is 2. The van der Waals surface area contributed by atoms with E-state index in [0.29, 0.717) is 28.4 Å². The van der Waals surface area contributed by atoms with E-state index in [1.54, 1.807) is 25.3 Å². The molecular formula is C18H20N2O4. The van der Waals surface area contributed by atoms with Crippen molar-refractivity contribution < 1.29 is 19.0 Å². The van der Waals surface area contributed by atoms with Gasteiger partial charge in [0.1, 0.15) is 0 Å². The standard InChI is InChI=1S/C18H20N2O4/c1-12-7-5-6-8-14(12)18(21)20-19-11-13-9-10-15(22-2)17(24-4)16(13)23-3/h5-11H,1-4H3,(H,20,21). The van der Waals surface area contributed by atoms with Crippen LogP contribution in [-0.2, 0) is 0 Å². The number of hydrazone groups is 1. The van der Waals surface area contributed by atoms with Gasteiger partial charge in [-0.3, -0.25) is 4.79 Å². The summed E-state index contributed by atoms with van der Waals surface area (Å²) in [6.45, 7) is 1.87. The van der Waals surface area contributed by atoms with Crippen LogP contribution in [-0.4, -0.2) is 33.5 Å². The van der Waals surface area contributed by atoms with E-state index in [0.717, 1.165) is 5.56 Å². The third kappa shape index (κ3) is 3.65. The average Bonchev–Trinajstić information content (AvgIpc) is 2.61. The summed E-state index contributed by atoms with van der Waals surface area (Å²) in [7, 11) is 4.61. The molecule has 126 valence electrons. The van der Waals surface area contributed by atoms with Gasteiger partial charge >= 0.3 is 0 Å². The second-order valence-electron chi connectivity index (χ2n) is 4.94. The van der Waals surface area contributed by atoms with Gasteiger partial charge in [0.2, 0.25) is 5.75 Å². The quantitative estimate of drug-likeness (QED) is 0.654. The van der Waals surface area contributed by atoms with Crippen LogP contribution < -0.4 is 19.6 Å². The zero-order valence-electron chi connectivity index (χ0n) is 14.1. The van der Waals surface area contributed by atoms with Crippen LogP contribution in [0.25, 0.3) is 0 Å². The minimum atomic E-state index is -0.274. The van der Waals surface area contributed by atoms with Crippen molar-refractivity contribution >= 4 is 12.1 Å². The molecule has 0 aliphatic carbocycles. The van der Waals surface area contributed by atoms with Gasteiger partial charge in [-0.05, 0) is 30.7 Å². The molecule has 2 aromatic carbocycles. The van der Waals surface area contributed by atoms with E-state index in [9.17, 15) is 4.79 Å². The van der Waals surface area contributed by atoms with Crippen molar-refractivity contribution in [2.45, 2.75) is 6.92 Å². The van der Waals surface area contributed by atoms with E-state index >= 15 is 0 Å². The monoisotopic (exact) mass is 328 g/mol. The highest BCUT2D eigenvalue weighted by Gasteiger charge is 2.14. The number of methoxy groups -OCH3 is 3. The smallest absolute Gasteiger partial charge is 0.271 e. The first-order valence-corrected chi connectivity index (χ1v) is 7.30. The number of hydrogen-bond donors (Lipinski definition) is 1. The molecule has 6 nitrogen and oxygen atoms in total. The van der Waals surface area contributed by atoms with Crippen LogP contribution in [0.15, 0.2) is 41.5 Å². The Kier molecular flexibility index (Phi) is 5.78. The third-order valence-corrected chi connectivity index (χ3v) is 3.49. The second-order valence-corrected chi connectivity index (χ2v) is 4.94. The summed E-state index contributed by atoms with van der Waals surface area (Å²) in [4.78, 5) is 12.1. The molecule has 0 heterocycles. The fourth-order valence-electron chi connectivity index (χ4n) is 2.27. The highest BCUT2D eigenvalue weighted by Crippen LogP contribution is 2.38. The maximum absolute atomic E-state index is 12.1. The molecule has 0 fully saturated rings. The van der Waals surface area contributed by atoms with Crippen LogP contribution in [0.2, 0.25) is 0 Å². The average molecular weight is 328 g/mol. The van der Waals surface area contributed by atoms with E-state index in [-0.39, 0.29) is 5.91 Å². The van der Waals surface area contributed by atoms with Crippen molar-refractivity contribution in [2.75, 3.05) is 21.3 Å². The number of nitrogens with one attached hydrogen (secondary N) is 1. The molecule has 0 aromatic heterocycles. The summed E-state index contributed by atoms with van der Waals surface area (Å²) in [5.74, 6) is 1.22. The zero-order chi connectivity index (χ0) is 17.5. The molecule has 0 radical (unpaired) electrons. The molecule has 0 saturated carbocycles. The van der Waals surface area contributed by atoms with Gasteiger partial charge in [-0.25, -0.2) is 5.43 Å². The predicted octanol–water partition coefficient (Wildman–Crippen LogP) is 2.78. The van der Waals surface area contributed by atoms with Crippen LogP contribution in [0.3, 0.4) is 0 Å². The van der Waals surface area contributed by atoms with Crippen molar-refractivity contribution in [2.24, 2.45) is 5.10 Å². The van der Waals surface area contributed by atoms with E-state index in [1.165, 1.54) is 20.4 Å². The summed E-state index contributed by atoms with van der Waals surface area (Å²) < 4.78 is 15.9. The number of hydrogen-bond acceptors (Lipinski definition) is 5. The minimum absolute atomic E-state index is 0.274. The number of aryl methyl sites for hydroxylation is 1. The molecule has 0 atom stereocenters. The van der Waals surface area contributed by atoms with Crippen molar-refractivity contribution in [1.82, 2.24) is 5.43 Å². The van der Waals surface area contributed by atoms with Crippen molar-refractivity contribution in [1.29, 1.82) is 0 Å². The molecule has 1 amide bonds. The van der Waals surface area contributed by atoms with E-state index in [2.05, 4.69) is 10.5 Å². The molecule has 0 aliphatic heterocycles. The Bertz CT molecular complexity index is 757. The molecule has 1 N–H and O–H groups in total. The first kappa shape index (κ1) is 17.3. The molecular weight excluding hydrogens is 308 g/mol. The molecule has 2 rings (SSSR count). The summed E-state index contributed by atoms with van der Waals surface area (Å²) in [6, 6.07) is 10.8. The molecule has 24 heavy (non-hydrogen) atoms. The van der Waals surface area contributed by atoms with E-state index < -0.39 is 0 Å². The first-order chi connectivity index (χ1) is 11.6. The Morgan fingerprint density at radius 3 is 2.33 bits per heavy atom. The Morgan fingerprint density at radius 1 is 1.00 bits per heavy atom. The Morgan fingerprint density at radius 2 is 1.71 bits per heavy atom. The maximum Gasteiger partial charge on any atom is 0.271 e. The Labute approximate surface area is 141 Å². The largest absolute Gasteiger partial charge is 0.493 e. The molecule has 0 unspecified atom stereocenters. The first-order valence-electron chi connectivity index (χ1n) is 7.30. The van der Waals surface area contributed by atoms with Gasteiger partial charge in [-0.15, -0.1) is 0 Å². The van der Waals surface area contributed by atoms with Gasteiger partial charge in [0.05, 0.1) is 27.5 Å². The van der Waals surface area contributed by atoms with Crippen LogP contribution in [0.4, 0.5) is 0 Å². The molecule has 0 aliphatic rings. The van der Waals surface area contributed by atoms with Gasteiger partial charge < -0.3 is 14.2 Å². The normalized spacial score (nSPS) is 10.5. The molecule has 0 spiro atoms. The maximum atomic E-state index is 12.1. The lowest BCUT2D eigenvalue weighted by molar-refractivity contribution is 0.0954. The summed E-state index contributed by atoms with van der Waals surface area (Å²) in [5, 5.41) is 4.00. The fourth-order valence-corrected chi connectivity index (χ4v) is 2.27. The molecule has 2 aromatic rings. The summed E-state index contributed by atoms with van der Waals surface area (Å²) in [5.41, 5.74) is 4.62. The number of nitrogens with zero attached hydrogens (tertiary/aromatic N) is 1. The summed E-state index contributed by atoms with van der Waals surface area (Å²) >= 11 is 0. The van der Waals surface area contributed by atoms with Crippen LogP contribution in [0.5, 0.6) is 17.2 Å². The summed E-state index contributed by atoms with van der Waals surface area (Å²) in [6.07, 6.45) is 1.50. The van der Waals surface area contributed by atoms with E-state index in [1.807, 2.05) is 25.1 Å². The van der Waals surface area contributed by atoms with Crippen molar-refractivity contribution in [3.05, 3.63) is 53.1 Å². The van der Waals surface area contributed by atoms with Crippen LogP contribution >= 0.6 is 0 Å². The lowest BCUT2D eigenvalue weighted by Gasteiger charge is -2.13. The van der Waals surface area contributed by atoms with E-state index in [4.69, 9.17) is 14.2 Å². The fraction of sp³-hybridized carbons (Fsp3) is 0.222. The Balaban J connectivity index is 2.20. The molecule has 6 heteroatoms. The lowest BCUT2D eigenvalue weighted by Crippen LogP contribution is -2.18. The van der Waals surface area contributed by atoms with Gasteiger partial charge in [0.25, 0.3) is 5.91 Å². The van der Waals surface area contributed by atoms with Crippen molar-refractivity contribution in [3.63, 3.8) is 0 Å². The number of carbonyl (C=O) groups excluding carboxylic acids is 1. The molecule has 0 bridgehead atoms. The SMILES string of the molecule is COc1ccc(C=NNC(=O)c2ccccc2C)c(OC)c1OC. The number of ether oxygens (including phenoxy) is 3. The van der Waals surface area contributed by atoms with Crippen molar-refractivity contribution in [3.8, 4) is 17.2 Å². The van der Waals surface area contributed by atoms with Gasteiger partial charge in [0.15, 0.2) is 11.5 Å². The molecule has 0 saturated heterocycles. The highest BCUT2D eigenvalue weighted by atomic mass is 16.5. The lowest BCUT2D eigenvalue weighted by atomic mass is 10.1. The number of carbonyl (C=O) groups is 1. The van der Waals surface area contributed by atoms with Crippen LogP contribution in [0, 0.1) is 6.92 Å². The number of rotatable bonds is 6.